The average molecular weight is 548 g/mol. The highest BCUT2D eigenvalue weighted by Gasteiger charge is 2.40. The molecule has 9 nitrogen and oxygen atoms in total. The Morgan fingerprint density at radius 2 is 1.50 bits per heavy atom. The average Bonchev–Trinajstić information content (AvgIpc) is 2.89. The highest BCUT2D eigenvalue weighted by molar-refractivity contribution is 6.60. The van der Waals surface area contributed by atoms with Crippen LogP contribution in [0, 0.1) is 0 Å². The lowest BCUT2D eigenvalue weighted by atomic mass is 10.0. The van der Waals surface area contributed by atoms with Gasteiger partial charge < -0.3 is 33.2 Å². The maximum Gasteiger partial charge on any atom is 0.502 e. The second kappa shape index (κ2) is 17.6. The summed E-state index contributed by atoms with van der Waals surface area (Å²) in [5.74, 6) is -0.205. The van der Waals surface area contributed by atoms with Crippen LogP contribution in [0.1, 0.15) is 52.0 Å². The molecule has 2 rings (SSSR count). The smallest absolute Gasteiger partial charge is 0.493 e. The zero-order valence-electron chi connectivity index (χ0n) is 22.7. The van der Waals surface area contributed by atoms with Crippen LogP contribution >= 0.6 is 0 Å². The van der Waals surface area contributed by atoms with Crippen LogP contribution in [0.25, 0.3) is 16.8 Å². The Bertz CT molecular complexity index is 1010. The van der Waals surface area contributed by atoms with E-state index in [0.717, 1.165) is 53.8 Å². The topological polar surface area (TPSA) is 113 Å². The molecule has 2 N–H and O–H groups in total. The molecule has 0 spiro atoms. The van der Waals surface area contributed by atoms with E-state index in [-0.39, 0.29) is 0 Å². The summed E-state index contributed by atoms with van der Waals surface area (Å²) in [5, 5.41) is 13.6. The Balaban J connectivity index is 1.64. The summed E-state index contributed by atoms with van der Waals surface area (Å²) in [7, 11) is -2.78. The number of rotatable bonds is 19. The van der Waals surface area contributed by atoms with E-state index in [4.69, 9.17) is 27.9 Å². The van der Waals surface area contributed by atoms with E-state index >= 15 is 0 Å². The molecule has 0 atom stereocenters. The van der Waals surface area contributed by atoms with Gasteiger partial charge in [-0.1, -0.05) is 30.3 Å². The largest absolute Gasteiger partial charge is 0.502 e. The molecular weight excluding hydrogens is 506 g/mol. The van der Waals surface area contributed by atoms with E-state index in [1.54, 1.807) is 6.08 Å². The Kier molecular flexibility index (Phi) is 14.5. The number of unbranched alkanes of at least 4 members (excludes halogenated alkanes) is 3. The molecule has 0 radical (unpaired) electrons. The predicted molar refractivity (Wildman–Crippen MR) is 149 cm³/mol. The van der Waals surface area contributed by atoms with Gasteiger partial charge in [0.05, 0.1) is 13.2 Å². The van der Waals surface area contributed by atoms with Gasteiger partial charge in [0.25, 0.3) is 0 Å². The number of carboxylic acids is 1. The van der Waals surface area contributed by atoms with Crippen molar-refractivity contribution in [3.8, 4) is 5.75 Å². The number of hydrogen-bond donors (Lipinski definition) is 2. The van der Waals surface area contributed by atoms with E-state index < -0.39 is 20.9 Å². The van der Waals surface area contributed by atoms with Crippen LogP contribution in [0.15, 0.2) is 42.5 Å². The van der Waals surface area contributed by atoms with Crippen molar-refractivity contribution in [2.75, 3.05) is 39.6 Å². The van der Waals surface area contributed by atoms with Crippen molar-refractivity contribution in [3.05, 3.63) is 48.0 Å². The van der Waals surface area contributed by atoms with Gasteiger partial charge in [0.2, 0.25) is 0 Å². The molecule has 0 aliphatic carbocycles. The Labute approximate surface area is 226 Å². The maximum absolute atomic E-state index is 12.0. The van der Waals surface area contributed by atoms with Crippen LogP contribution in [0.5, 0.6) is 5.75 Å². The molecule has 1 amide bonds. The van der Waals surface area contributed by atoms with E-state index in [2.05, 4.69) is 5.32 Å². The van der Waals surface area contributed by atoms with Crippen LogP contribution in [0.4, 0.5) is 4.79 Å². The molecule has 0 bridgehead atoms. The van der Waals surface area contributed by atoms with Gasteiger partial charge in [-0.2, -0.15) is 0 Å². The van der Waals surface area contributed by atoms with Gasteiger partial charge >= 0.3 is 20.9 Å². The van der Waals surface area contributed by atoms with Crippen molar-refractivity contribution in [1.29, 1.82) is 0 Å². The van der Waals surface area contributed by atoms with Crippen LogP contribution < -0.4 is 10.1 Å². The summed E-state index contributed by atoms with van der Waals surface area (Å²) in [6.07, 6.45) is 5.80. The fourth-order valence-electron chi connectivity index (χ4n) is 4.00. The third-order valence-electron chi connectivity index (χ3n) is 5.65. The Morgan fingerprint density at radius 1 is 0.868 bits per heavy atom. The molecule has 0 fully saturated rings. The molecule has 0 saturated carbocycles. The number of fused-ring (bicyclic) bond motifs is 1. The van der Waals surface area contributed by atoms with E-state index in [0.29, 0.717) is 45.6 Å². The molecule has 0 aliphatic heterocycles. The minimum Gasteiger partial charge on any atom is -0.493 e. The lowest BCUT2D eigenvalue weighted by Gasteiger charge is -2.28. The number of alkyl carbamates (subject to hydrolysis) is 1. The highest BCUT2D eigenvalue weighted by atomic mass is 28.4. The predicted octanol–water partition coefficient (Wildman–Crippen LogP) is 5.65. The number of carboxylic acid groups (broad SMARTS) is 1. The van der Waals surface area contributed by atoms with E-state index in [9.17, 15) is 9.59 Å². The van der Waals surface area contributed by atoms with Gasteiger partial charge in [-0.3, -0.25) is 0 Å². The van der Waals surface area contributed by atoms with Crippen molar-refractivity contribution in [2.45, 2.75) is 52.5 Å². The summed E-state index contributed by atoms with van der Waals surface area (Å²) in [6, 6.07) is 12.0. The minimum absolute atomic E-state index is 0.355. The highest BCUT2D eigenvalue weighted by Crippen LogP contribution is 2.29. The molecule has 0 aliphatic rings. The van der Waals surface area contributed by atoms with E-state index in [1.807, 2.05) is 57.2 Å². The van der Waals surface area contributed by atoms with Gasteiger partial charge in [-0.15, -0.1) is 0 Å². The van der Waals surface area contributed by atoms with Gasteiger partial charge in [0.15, 0.2) is 0 Å². The Hall–Kier alpha value is -2.92. The molecule has 38 heavy (non-hydrogen) atoms. The number of benzene rings is 2. The number of nitrogens with one attached hydrogen (secondary N) is 1. The Morgan fingerprint density at radius 3 is 2.13 bits per heavy atom. The zero-order chi connectivity index (χ0) is 27.6. The first-order valence-electron chi connectivity index (χ1n) is 13.3. The number of carbonyl (C=O) groups is 2. The lowest BCUT2D eigenvalue weighted by Crippen LogP contribution is -2.48. The molecular formula is C28H41NO8Si. The summed E-state index contributed by atoms with van der Waals surface area (Å²) >= 11 is 0. The van der Waals surface area contributed by atoms with Gasteiger partial charge in [0, 0.05) is 43.9 Å². The number of amides is 1. The second-order valence-electron chi connectivity index (χ2n) is 8.43. The lowest BCUT2D eigenvalue weighted by molar-refractivity contribution is -0.131. The quantitative estimate of drug-likeness (QED) is 0.132. The first-order valence-corrected chi connectivity index (χ1v) is 15.3. The summed E-state index contributed by atoms with van der Waals surface area (Å²) in [6.45, 7) is 8.48. The molecule has 0 unspecified atom stereocenters. The molecule has 10 heteroatoms. The first kappa shape index (κ1) is 31.3. The SMILES string of the molecule is CCO[Si](CCNC(=O)OCCCCCCOc1ccc(/C=C/C(=O)O)c2ccccc12)(OCC)OCC. The fraction of sp³-hybridized carbons (Fsp3) is 0.500. The molecule has 0 heterocycles. The van der Waals surface area contributed by atoms with Crippen molar-refractivity contribution in [1.82, 2.24) is 5.32 Å². The summed E-state index contributed by atoms with van der Waals surface area (Å²) in [4.78, 5) is 22.9. The molecule has 0 saturated heterocycles. The van der Waals surface area contributed by atoms with Crippen molar-refractivity contribution < 1.29 is 37.4 Å². The number of ether oxygens (including phenoxy) is 2. The van der Waals surface area contributed by atoms with Crippen LogP contribution in [-0.2, 0) is 22.8 Å². The minimum atomic E-state index is -2.78. The van der Waals surface area contributed by atoms with Crippen molar-refractivity contribution >= 4 is 37.7 Å². The van der Waals surface area contributed by atoms with Crippen molar-refractivity contribution in [3.63, 3.8) is 0 Å². The van der Waals surface area contributed by atoms with Crippen LogP contribution in [0.2, 0.25) is 6.04 Å². The van der Waals surface area contributed by atoms with E-state index in [1.165, 1.54) is 0 Å². The normalized spacial score (nSPS) is 11.7. The molecule has 210 valence electrons. The number of hydrogen-bond acceptors (Lipinski definition) is 7. The molecule has 0 aromatic heterocycles. The first-order chi connectivity index (χ1) is 18.4. The third kappa shape index (κ3) is 10.8. The molecule has 2 aromatic carbocycles. The standard InChI is InChI=1S/C28H41NO8Si/c1-4-35-38(36-5-2,37-6-3)22-19-29-28(32)34-21-12-8-7-11-20-33-26-17-15-23(16-18-27(30)31)24-13-9-10-14-25(24)26/h9-10,13-18H,4-8,11-12,19-22H2,1-3H3,(H,29,32)(H,30,31)/b18-16+. The number of aliphatic carboxylic acids is 1. The van der Waals surface area contributed by atoms with Crippen LogP contribution in [0.3, 0.4) is 0 Å². The fourth-order valence-corrected chi connectivity index (χ4v) is 6.44. The maximum atomic E-state index is 12.0. The summed E-state index contributed by atoms with van der Waals surface area (Å²) < 4.78 is 28.6. The third-order valence-corrected chi connectivity index (χ3v) is 8.69. The second-order valence-corrected chi connectivity index (χ2v) is 11.2. The van der Waals surface area contributed by atoms with Gasteiger partial charge in [-0.05, 0) is 69.5 Å². The summed E-state index contributed by atoms with van der Waals surface area (Å²) in [5.41, 5.74) is 0.832. The number of carbonyl (C=O) groups excluding carboxylic acids is 1. The van der Waals surface area contributed by atoms with Crippen molar-refractivity contribution in [2.24, 2.45) is 0 Å². The molecule has 2 aromatic rings. The van der Waals surface area contributed by atoms with Crippen LogP contribution in [-0.4, -0.2) is 65.6 Å². The van der Waals surface area contributed by atoms with Gasteiger partial charge in [0.1, 0.15) is 5.75 Å². The monoisotopic (exact) mass is 547 g/mol. The zero-order valence-corrected chi connectivity index (χ0v) is 23.7. The van der Waals surface area contributed by atoms with Gasteiger partial charge in [-0.25, -0.2) is 9.59 Å².